The summed E-state index contributed by atoms with van der Waals surface area (Å²) in [6.45, 7) is 0. The number of hydrazone groups is 1. The van der Waals surface area contributed by atoms with Crippen molar-refractivity contribution in [1.82, 2.24) is 4.83 Å². The molecule has 0 fully saturated rings. The van der Waals surface area contributed by atoms with Crippen LogP contribution in [0.4, 0.5) is 0 Å². The van der Waals surface area contributed by atoms with Gasteiger partial charge in [-0.25, -0.2) is 13.2 Å². The van der Waals surface area contributed by atoms with Gasteiger partial charge in [0.25, 0.3) is 0 Å². The number of nitrogens with one attached hydrogen (secondary N) is 1. The number of nitrogens with zero attached hydrogens (tertiary/aromatic N) is 1. The van der Waals surface area contributed by atoms with Crippen LogP contribution in [-0.2, 0) is 16.4 Å². The highest BCUT2D eigenvalue weighted by molar-refractivity contribution is 7.89. The van der Waals surface area contributed by atoms with Crippen molar-refractivity contribution >= 4 is 39.4 Å². The number of hydrogen-bond donors (Lipinski definition) is 1. The Morgan fingerprint density at radius 2 is 1.82 bits per heavy atom. The first-order chi connectivity index (χ1) is 10.5. The Labute approximate surface area is 139 Å². The van der Waals surface area contributed by atoms with Gasteiger partial charge in [0, 0.05) is 10.6 Å². The second kappa shape index (κ2) is 7.63. The van der Waals surface area contributed by atoms with Crippen LogP contribution < -0.4 is 4.83 Å². The fraction of sp³-hybridized carbons (Fsp3) is 0.133. The summed E-state index contributed by atoms with van der Waals surface area (Å²) in [6, 6.07) is 14.3. The lowest BCUT2D eigenvalue weighted by molar-refractivity contribution is 0.584. The number of sulfonamides is 1. The predicted molar refractivity (Wildman–Crippen MR) is 91.1 cm³/mol. The second-order valence-electron chi connectivity index (χ2n) is 4.57. The summed E-state index contributed by atoms with van der Waals surface area (Å²) in [6.07, 6.45) is 1.77. The minimum Gasteiger partial charge on any atom is -0.205 e. The Morgan fingerprint density at radius 1 is 1.09 bits per heavy atom. The molecule has 0 saturated heterocycles. The quantitative estimate of drug-likeness (QED) is 0.636. The molecular formula is C15H14Cl2N2O2S. The lowest BCUT2D eigenvalue weighted by Gasteiger charge is -2.04. The molecule has 0 heterocycles. The molecule has 0 aliphatic carbocycles. The molecule has 116 valence electrons. The molecule has 22 heavy (non-hydrogen) atoms. The molecule has 0 aliphatic rings. The van der Waals surface area contributed by atoms with Gasteiger partial charge in [0.15, 0.2) is 0 Å². The van der Waals surface area contributed by atoms with Crippen molar-refractivity contribution in [3.63, 3.8) is 0 Å². The first kappa shape index (κ1) is 16.8. The van der Waals surface area contributed by atoms with E-state index in [1.807, 2.05) is 30.3 Å². The molecule has 2 rings (SSSR count). The third-order valence-electron chi connectivity index (χ3n) is 2.86. The SMILES string of the molecule is O=S(=O)(CCc1ccccc1)N/N=C/c1ccc(Cl)cc1Cl. The molecule has 0 amide bonds. The van der Waals surface area contributed by atoms with Crippen molar-refractivity contribution in [3.05, 3.63) is 69.7 Å². The maximum Gasteiger partial charge on any atom is 0.247 e. The van der Waals surface area contributed by atoms with Gasteiger partial charge in [-0.15, -0.1) is 0 Å². The highest BCUT2D eigenvalue weighted by Crippen LogP contribution is 2.19. The van der Waals surface area contributed by atoms with Crippen molar-refractivity contribution in [1.29, 1.82) is 0 Å². The molecule has 0 radical (unpaired) electrons. The maximum absolute atomic E-state index is 11.9. The van der Waals surface area contributed by atoms with Crippen LogP contribution in [0.2, 0.25) is 10.0 Å². The molecule has 0 unspecified atom stereocenters. The van der Waals surface area contributed by atoms with Crippen LogP contribution in [0.1, 0.15) is 11.1 Å². The van der Waals surface area contributed by atoms with E-state index in [-0.39, 0.29) is 5.75 Å². The zero-order valence-electron chi connectivity index (χ0n) is 11.5. The fourth-order valence-electron chi connectivity index (χ4n) is 1.72. The van der Waals surface area contributed by atoms with Crippen molar-refractivity contribution in [2.75, 3.05) is 5.75 Å². The van der Waals surface area contributed by atoms with Gasteiger partial charge in [-0.3, -0.25) is 0 Å². The van der Waals surface area contributed by atoms with Gasteiger partial charge < -0.3 is 0 Å². The predicted octanol–water partition coefficient (Wildman–Crippen LogP) is 3.49. The zero-order valence-corrected chi connectivity index (χ0v) is 13.9. The van der Waals surface area contributed by atoms with Crippen LogP contribution in [-0.4, -0.2) is 20.4 Å². The van der Waals surface area contributed by atoms with Gasteiger partial charge in [0.1, 0.15) is 0 Å². The third-order valence-corrected chi connectivity index (χ3v) is 4.55. The number of halogens is 2. The molecule has 0 aliphatic heterocycles. The number of aryl methyl sites for hydroxylation is 1. The molecule has 0 saturated carbocycles. The van der Waals surface area contributed by atoms with Gasteiger partial charge in [-0.05, 0) is 24.1 Å². The molecule has 0 bridgehead atoms. The van der Waals surface area contributed by atoms with Crippen molar-refractivity contribution in [2.45, 2.75) is 6.42 Å². The number of rotatable bonds is 6. The van der Waals surface area contributed by atoms with E-state index in [4.69, 9.17) is 23.2 Å². The monoisotopic (exact) mass is 356 g/mol. The summed E-state index contributed by atoms with van der Waals surface area (Å²) in [5.41, 5.74) is 1.54. The Bertz CT molecular complexity index is 762. The minimum atomic E-state index is -3.49. The van der Waals surface area contributed by atoms with Crippen molar-refractivity contribution in [2.24, 2.45) is 5.10 Å². The lowest BCUT2D eigenvalue weighted by Crippen LogP contribution is -2.22. The summed E-state index contributed by atoms with van der Waals surface area (Å²) in [4.78, 5) is 2.17. The first-order valence-electron chi connectivity index (χ1n) is 6.48. The Morgan fingerprint density at radius 3 is 2.50 bits per heavy atom. The summed E-state index contributed by atoms with van der Waals surface area (Å²) in [7, 11) is -3.49. The average molecular weight is 357 g/mol. The van der Waals surface area contributed by atoms with Gasteiger partial charge in [-0.2, -0.15) is 5.10 Å². The molecule has 2 aromatic rings. The summed E-state index contributed by atoms with van der Waals surface area (Å²) in [5, 5.41) is 4.63. The summed E-state index contributed by atoms with van der Waals surface area (Å²) in [5.74, 6) is -0.0390. The van der Waals surface area contributed by atoms with Crippen LogP contribution in [0.15, 0.2) is 53.6 Å². The van der Waals surface area contributed by atoms with Crippen molar-refractivity contribution < 1.29 is 8.42 Å². The Balaban J connectivity index is 1.93. The molecule has 7 heteroatoms. The van der Waals surface area contributed by atoms with Crippen molar-refractivity contribution in [3.8, 4) is 0 Å². The smallest absolute Gasteiger partial charge is 0.205 e. The molecule has 0 spiro atoms. The van der Waals surface area contributed by atoms with Gasteiger partial charge in [0.2, 0.25) is 10.0 Å². The van der Waals surface area contributed by atoms with Crippen LogP contribution in [0.25, 0.3) is 0 Å². The van der Waals surface area contributed by atoms with Crippen LogP contribution in [0, 0.1) is 0 Å². The molecular weight excluding hydrogens is 343 g/mol. The number of benzene rings is 2. The molecule has 1 N–H and O–H groups in total. The largest absolute Gasteiger partial charge is 0.247 e. The second-order valence-corrected chi connectivity index (χ2v) is 7.23. The highest BCUT2D eigenvalue weighted by Gasteiger charge is 2.08. The van der Waals surface area contributed by atoms with Crippen LogP contribution in [0.5, 0.6) is 0 Å². The van der Waals surface area contributed by atoms with E-state index < -0.39 is 10.0 Å². The molecule has 0 atom stereocenters. The van der Waals surface area contributed by atoms with E-state index in [1.54, 1.807) is 18.2 Å². The van der Waals surface area contributed by atoms with Crippen LogP contribution in [0.3, 0.4) is 0 Å². The molecule has 4 nitrogen and oxygen atoms in total. The molecule has 0 aromatic heterocycles. The van der Waals surface area contributed by atoms with Crippen LogP contribution >= 0.6 is 23.2 Å². The van der Waals surface area contributed by atoms with E-state index in [1.165, 1.54) is 6.21 Å². The van der Waals surface area contributed by atoms with Gasteiger partial charge in [-0.1, -0.05) is 59.6 Å². The Kier molecular flexibility index (Phi) is 5.83. The van der Waals surface area contributed by atoms with E-state index in [0.29, 0.717) is 22.0 Å². The minimum absolute atomic E-state index is 0.0390. The summed E-state index contributed by atoms with van der Waals surface area (Å²) >= 11 is 11.8. The fourth-order valence-corrected chi connectivity index (χ4v) is 2.99. The summed E-state index contributed by atoms with van der Waals surface area (Å²) < 4.78 is 23.7. The topological polar surface area (TPSA) is 58.5 Å². The lowest BCUT2D eigenvalue weighted by atomic mass is 10.2. The van der Waals surface area contributed by atoms with E-state index in [2.05, 4.69) is 9.93 Å². The first-order valence-corrected chi connectivity index (χ1v) is 8.89. The van der Waals surface area contributed by atoms with Gasteiger partial charge >= 0.3 is 0 Å². The zero-order chi connectivity index (χ0) is 16.0. The van der Waals surface area contributed by atoms with E-state index in [0.717, 1.165) is 5.56 Å². The standard InChI is InChI=1S/C15H14Cl2N2O2S/c16-14-7-6-13(15(17)10-14)11-18-19-22(20,21)9-8-12-4-2-1-3-5-12/h1-7,10-11,19H,8-9H2/b18-11+. The third kappa shape index (κ3) is 5.33. The van der Waals surface area contributed by atoms with Gasteiger partial charge in [0.05, 0.1) is 17.0 Å². The normalized spacial score (nSPS) is 11.7. The average Bonchev–Trinajstić information content (AvgIpc) is 2.49. The van der Waals surface area contributed by atoms with E-state index >= 15 is 0 Å². The highest BCUT2D eigenvalue weighted by atomic mass is 35.5. The maximum atomic E-state index is 11.9. The number of hydrogen-bond acceptors (Lipinski definition) is 3. The Hall–Kier alpha value is -1.56. The molecule has 2 aromatic carbocycles. The van der Waals surface area contributed by atoms with E-state index in [9.17, 15) is 8.42 Å².